The van der Waals surface area contributed by atoms with Crippen molar-refractivity contribution in [3.63, 3.8) is 0 Å². The van der Waals surface area contributed by atoms with Crippen LogP contribution in [0.15, 0.2) is 109 Å². The van der Waals surface area contributed by atoms with Gasteiger partial charge in [0.25, 0.3) is 5.91 Å². The molecular weight excluding hydrogens is 571 g/mol. The van der Waals surface area contributed by atoms with Crippen molar-refractivity contribution >= 4 is 47.1 Å². The smallest absolute Gasteiger partial charge is 0.305 e. The van der Waals surface area contributed by atoms with E-state index >= 15 is 0 Å². The monoisotopic (exact) mass is 600 g/mol. The molecule has 0 radical (unpaired) electrons. The first-order valence-electron chi connectivity index (χ1n) is 13.4. The molecule has 214 valence electrons. The summed E-state index contributed by atoms with van der Waals surface area (Å²) >= 11 is 12.7. The van der Waals surface area contributed by atoms with Crippen molar-refractivity contribution in [1.82, 2.24) is 10.2 Å². The Morgan fingerprint density at radius 1 is 0.786 bits per heavy atom. The lowest BCUT2D eigenvalue weighted by molar-refractivity contribution is -0.136. The molecule has 0 bridgehead atoms. The van der Waals surface area contributed by atoms with E-state index in [0.717, 1.165) is 16.7 Å². The fourth-order valence-corrected chi connectivity index (χ4v) is 5.05. The zero-order chi connectivity index (χ0) is 29.9. The molecule has 0 heterocycles. The zero-order valence-electron chi connectivity index (χ0n) is 22.8. The van der Waals surface area contributed by atoms with Gasteiger partial charge in [-0.05, 0) is 47.0 Å². The lowest BCUT2D eigenvalue weighted by Crippen LogP contribution is -2.33. The first-order chi connectivity index (χ1) is 20.3. The van der Waals surface area contributed by atoms with E-state index in [-0.39, 0.29) is 37.2 Å². The second-order valence-corrected chi connectivity index (χ2v) is 10.5. The Bertz CT molecular complexity index is 1480. The summed E-state index contributed by atoms with van der Waals surface area (Å²) < 4.78 is 0. The summed E-state index contributed by atoms with van der Waals surface area (Å²) in [5, 5.41) is 12.3. The Hall–Kier alpha value is -4.39. The van der Waals surface area contributed by atoms with Gasteiger partial charge < -0.3 is 15.3 Å². The van der Waals surface area contributed by atoms with Gasteiger partial charge in [-0.1, -0.05) is 102 Å². The van der Waals surface area contributed by atoms with E-state index in [1.54, 1.807) is 53.4 Å². The summed E-state index contributed by atoms with van der Waals surface area (Å²) in [6.45, 7) is 0.724. The summed E-state index contributed by atoms with van der Waals surface area (Å²) in [5.41, 5.74) is 3.95. The van der Waals surface area contributed by atoms with Gasteiger partial charge >= 0.3 is 5.97 Å². The standard InChI is InChI=1S/C34H30Cl2N2O4/c35-30-12-7-13-31(36)28(30)18-19-32(39)38(22-24-14-16-27(17-15-24)34(42)37-21-20-33(40)41)23-29(25-8-3-1-4-9-25)26-10-5-2-6-11-26/h1-19,29H,20-23H2,(H,37,42)(H,40,41)/b19-18+. The maximum absolute atomic E-state index is 13.7. The lowest BCUT2D eigenvalue weighted by Gasteiger charge is -2.28. The number of amides is 2. The van der Waals surface area contributed by atoms with Crippen molar-refractivity contribution in [2.45, 2.75) is 18.9 Å². The van der Waals surface area contributed by atoms with Gasteiger partial charge in [-0.15, -0.1) is 0 Å². The van der Waals surface area contributed by atoms with Crippen molar-refractivity contribution in [1.29, 1.82) is 0 Å². The number of benzene rings is 4. The van der Waals surface area contributed by atoms with E-state index in [1.165, 1.54) is 6.08 Å². The molecule has 8 heteroatoms. The van der Waals surface area contributed by atoms with Gasteiger partial charge in [-0.3, -0.25) is 14.4 Å². The molecule has 0 aliphatic heterocycles. The van der Waals surface area contributed by atoms with Crippen molar-refractivity contribution in [3.05, 3.63) is 147 Å². The topological polar surface area (TPSA) is 86.7 Å². The van der Waals surface area contributed by atoms with E-state index < -0.39 is 5.97 Å². The summed E-state index contributed by atoms with van der Waals surface area (Å²) in [6, 6.07) is 32.2. The molecule has 42 heavy (non-hydrogen) atoms. The minimum absolute atomic E-state index is 0.0420. The highest BCUT2D eigenvalue weighted by Gasteiger charge is 2.21. The number of nitrogens with one attached hydrogen (secondary N) is 1. The number of halogens is 2. The van der Waals surface area contributed by atoms with Crippen molar-refractivity contribution in [2.75, 3.05) is 13.1 Å². The van der Waals surface area contributed by atoms with Gasteiger partial charge in [0.2, 0.25) is 5.91 Å². The van der Waals surface area contributed by atoms with Gasteiger partial charge in [0.05, 0.1) is 6.42 Å². The molecule has 0 aliphatic rings. The minimum atomic E-state index is -0.981. The second-order valence-electron chi connectivity index (χ2n) is 9.66. The Labute approximate surface area is 255 Å². The molecule has 0 saturated heterocycles. The van der Waals surface area contributed by atoms with Gasteiger partial charge in [-0.2, -0.15) is 0 Å². The number of carbonyl (C=O) groups is 3. The molecule has 2 N–H and O–H groups in total. The normalized spacial score (nSPS) is 11.0. The summed E-state index contributed by atoms with van der Waals surface area (Å²) in [7, 11) is 0. The number of hydrogen-bond acceptors (Lipinski definition) is 3. The molecule has 0 fully saturated rings. The molecule has 0 spiro atoms. The highest BCUT2D eigenvalue weighted by Crippen LogP contribution is 2.28. The van der Waals surface area contributed by atoms with Gasteiger partial charge in [0, 0.05) is 52.8 Å². The van der Waals surface area contributed by atoms with Crippen LogP contribution in [0.3, 0.4) is 0 Å². The predicted molar refractivity (Wildman–Crippen MR) is 167 cm³/mol. The van der Waals surface area contributed by atoms with Crippen LogP contribution >= 0.6 is 23.2 Å². The van der Waals surface area contributed by atoms with E-state index in [0.29, 0.717) is 27.7 Å². The van der Waals surface area contributed by atoms with Crippen LogP contribution in [0.5, 0.6) is 0 Å². The van der Waals surface area contributed by atoms with E-state index in [4.69, 9.17) is 28.3 Å². The first-order valence-corrected chi connectivity index (χ1v) is 14.2. The summed E-state index contributed by atoms with van der Waals surface area (Å²) in [6.07, 6.45) is 2.95. The average Bonchev–Trinajstić information content (AvgIpc) is 3.00. The maximum Gasteiger partial charge on any atom is 0.305 e. The van der Waals surface area contributed by atoms with Gasteiger partial charge in [-0.25, -0.2) is 0 Å². The third kappa shape index (κ3) is 8.56. The lowest BCUT2D eigenvalue weighted by atomic mass is 9.90. The quantitative estimate of drug-likeness (QED) is 0.170. The molecule has 6 nitrogen and oxygen atoms in total. The Kier molecular flexibility index (Phi) is 10.9. The second kappa shape index (κ2) is 15.0. The van der Waals surface area contributed by atoms with Crippen molar-refractivity contribution < 1.29 is 19.5 Å². The van der Waals surface area contributed by atoms with Crippen LogP contribution in [0.4, 0.5) is 0 Å². The van der Waals surface area contributed by atoms with Crippen LogP contribution in [-0.2, 0) is 16.1 Å². The average molecular weight is 602 g/mol. The number of carbonyl (C=O) groups excluding carboxylic acids is 2. The van der Waals surface area contributed by atoms with E-state index in [9.17, 15) is 14.4 Å². The number of carboxylic acids is 1. The number of rotatable bonds is 12. The van der Waals surface area contributed by atoms with Crippen LogP contribution < -0.4 is 5.32 Å². The van der Waals surface area contributed by atoms with E-state index in [1.807, 2.05) is 36.4 Å². The molecule has 0 atom stereocenters. The van der Waals surface area contributed by atoms with Crippen LogP contribution in [0.1, 0.15) is 45.0 Å². The molecule has 4 rings (SSSR count). The molecule has 4 aromatic carbocycles. The highest BCUT2D eigenvalue weighted by molar-refractivity contribution is 6.37. The van der Waals surface area contributed by atoms with Crippen LogP contribution in [0.25, 0.3) is 6.08 Å². The Balaban J connectivity index is 1.61. The molecule has 0 saturated carbocycles. The molecule has 2 amide bonds. The number of nitrogens with zero attached hydrogens (tertiary/aromatic N) is 1. The van der Waals surface area contributed by atoms with E-state index in [2.05, 4.69) is 29.6 Å². The van der Waals surface area contributed by atoms with Crippen LogP contribution in [0.2, 0.25) is 10.0 Å². The van der Waals surface area contributed by atoms with Crippen molar-refractivity contribution in [2.24, 2.45) is 0 Å². The number of aliphatic carboxylic acids is 1. The third-order valence-electron chi connectivity index (χ3n) is 6.72. The summed E-state index contributed by atoms with van der Waals surface area (Å²) in [4.78, 5) is 38.6. The summed E-state index contributed by atoms with van der Waals surface area (Å²) in [5.74, 6) is -1.65. The third-order valence-corrected chi connectivity index (χ3v) is 7.38. The Morgan fingerprint density at radius 2 is 1.36 bits per heavy atom. The first kappa shape index (κ1) is 30.6. The fraction of sp³-hybridized carbons (Fsp3) is 0.147. The van der Waals surface area contributed by atoms with Crippen molar-refractivity contribution in [3.8, 4) is 0 Å². The Morgan fingerprint density at radius 3 is 1.90 bits per heavy atom. The molecule has 0 aliphatic carbocycles. The van der Waals surface area contributed by atoms with Crippen LogP contribution in [0, 0.1) is 0 Å². The number of carboxylic acid groups (broad SMARTS) is 1. The van der Waals surface area contributed by atoms with Crippen LogP contribution in [-0.4, -0.2) is 40.9 Å². The molecule has 4 aromatic rings. The zero-order valence-corrected chi connectivity index (χ0v) is 24.3. The highest BCUT2D eigenvalue weighted by atomic mass is 35.5. The predicted octanol–water partition coefficient (Wildman–Crippen LogP) is 7.07. The number of hydrogen-bond donors (Lipinski definition) is 2. The largest absolute Gasteiger partial charge is 0.481 e. The molecule has 0 unspecified atom stereocenters. The van der Waals surface area contributed by atoms with Gasteiger partial charge in [0.15, 0.2) is 0 Å². The molecule has 0 aromatic heterocycles. The molecular formula is C34H30Cl2N2O4. The minimum Gasteiger partial charge on any atom is -0.481 e. The van der Waals surface area contributed by atoms with Gasteiger partial charge in [0.1, 0.15) is 0 Å². The fourth-order valence-electron chi connectivity index (χ4n) is 4.52. The SMILES string of the molecule is O=C(O)CCNC(=O)c1ccc(CN(CC(c2ccccc2)c2ccccc2)C(=O)/C=C/c2c(Cl)cccc2Cl)cc1. The maximum atomic E-state index is 13.7.